The van der Waals surface area contributed by atoms with Gasteiger partial charge in [0.1, 0.15) is 5.41 Å². The lowest BCUT2D eigenvalue weighted by molar-refractivity contribution is -0.155. The summed E-state index contributed by atoms with van der Waals surface area (Å²) in [7, 11) is 0. The summed E-state index contributed by atoms with van der Waals surface area (Å²) in [6.45, 7) is 8.24. The van der Waals surface area contributed by atoms with Crippen LogP contribution >= 0.6 is 0 Å². The summed E-state index contributed by atoms with van der Waals surface area (Å²) in [6.07, 6.45) is 9.26. The molecule has 0 spiro atoms. The number of allylic oxidation sites excluding steroid dienone is 1. The molecule has 0 aromatic carbocycles. The van der Waals surface area contributed by atoms with Gasteiger partial charge in [-0.05, 0) is 50.4 Å². The Labute approximate surface area is 159 Å². The molecule has 4 nitrogen and oxygen atoms in total. The minimum atomic E-state index is -1.27. The van der Waals surface area contributed by atoms with Gasteiger partial charge in [-0.25, -0.2) is 4.79 Å². The van der Waals surface area contributed by atoms with Gasteiger partial charge in [0.25, 0.3) is 0 Å². The van der Waals surface area contributed by atoms with Gasteiger partial charge in [0.15, 0.2) is 0 Å². The molecule has 0 amide bonds. The van der Waals surface area contributed by atoms with Gasteiger partial charge in [-0.2, -0.15) is 0 Å². The molecule has 1 aliphatic carbocycles. The van der Waals surface area contributed by atoms with Gasteiger partial charge in [0.05, 0.1) is 5.57 Å². The van der Waals surface area contributed by atoms with Gasteiger partial charge in [-0.1, -0.05) is 65.4 Å². The monoisotopic (exact) mass is 366 g/mol. The summed E-state index contributed by atoms with van der Waals surface area (Å²) in [6, 6.07) is 0. The molecule has 1 aliphatic rings. The number of rotatable bonds is 11. The largest absolute Gasteiger partial charge is 0.481 e. The predicted octanol–water partition coefficient (Wildman–Crippen LogP) is 6.06. The molecule has 26 heavy (non-hydrogen) atoms. The van der Waals surface area contributed by atoms with E-state index in [0.717, 1.165) is 69.8 Å². The standard InChI is InChI=1S/C22H38O4/c1-5-7-14-18(16(3)4)22(21(25)26,15-8-6-2)19(20(23)24)17-12-10-9-11-13-17/h16,18H,5-15H2,1-4H3,(H,23,24)(H,25,26). The van der Waals surface area contributed by atoms with Gasteiger partial charge in [0.2, 0.25) is 0 Å². The molecule has 4 heteroatoms. The van der Waals surface area contributed by atoms with E-state index in [2.05, 4.69) is 20.8 Å². The van der Waals surface area contributed by atoms with Crippen molar-refractivity contribution in [2.75, 3.05) is 0 Å². The van der Waals surface area contributed by atoms with Crippen molar-refractivity contribution in [1.82, 2.24) is 0 Å². The van der Waals surface area contributed by atoms with Gasteiger partial charge in [-0.3, -0.25) is 4.79 Å². The average Bonchev–Trinajstić information content (AvgIpc) is 2.59. The Morgan fingerprint density at radius 2 is 1.58 bits per heavy atom. The van der Waals surface area contributed by atoms with Crippen molar-refractivity contribution in [3.05, 3.63) is 11.1 Å². The number of carboxylic acid groups (broad SMARTS) is 2. The number of hydrogen-bond donors (Lipinski definition) is 2. The average molecular weight is 367 g/mol. The van der Waals surface area contributed by atoms with E-state index in [1.807, 2.05) is 6.92 Å². The maximum absolute atomic E-state index is 12.7. The molecule has 0 aromatic heterocycles. The van der Waals surface area contributed by atoms with Crippen LogP contribution in [0.15, 0.2) is 11.1 Å². The number of aliphatic carboxylic acids is 2. The summed E-state index contributed by atoms with van der Waals surface area (Å²) in [5.41, 5.74) is -0.143. The number of carboxylic acids is 2. The van der Waals surface area contributed by atoms with E-state index >= 15 is 0 Å². The summed E-state index contributed by atoms with van der Waals surface area (Å²) in [5.74, 6) is -1.96. The second kappa shape index (κ2) is 10.7. The van der Waals surface area contributed by atoms with Gasteiger partial charge < -0.3 is 10.2 Å². The van der Waals surface area contributed by atoms with E-state index in [0.29, 0.717) is 6.42 Å². The third kappa shape index (κ3) is 5.11. The Bertz CT molecular complexity index is 498. The lowest BCUT2D eigenvalue weighted by atomic mass is 9.60. The molecule has 1 fully saturated rings. The van der Waals surface area contributed by atoms with Crippen LogP contribution in [0.2, 0.25) is 0 Å². The van der Waals surface area contributed by atoms with E-state index < -0.39 is 17.4 Å². The number of hydrogen-bond acceptors (Lipinski definition) is 2. The second-order valence-corrected chi connectivity index (χ2v) is 8.22. The normalized spacial score (nSPS) is 18.4. The quantitative estimate of drug-likeness (QED) is 0.436. The Hall–Kier alpha value is -1.32. The van der Waals surface area contributed by atoms with Crippen LogP contribution in [0.1, 0.15) is 98.3 Å². The summed E-state index contributed by atoms with van der Waals surface area (Å²) >= 11 is 0. The third-order valence-electron chi connectivity index (χ3n) is 6.08. The number of unbranched alkanes of at least 4 members (excludes halogenated alkanes) is 2. The van der Waals surface area contributed by atoms with Gasteiger partial charge >= 0.3 is 11.9 Å². The van der Waals surface area contributed by atoms with Crippen LogP contribution in [0.5, 0.6) is 0 Å². The van der Waals surface area contributed by atoms with E-state index in [9.17, 15) is 19.8 Å². The summed E-state index contributed by atoms with van der Waals surface area (Å²) in [5, 5.41) is 20.6. The highest BCUT2D eigenvalue weighted by atomic mass is 16.4. The lowest BCUT2D eigenvalue weighted by Gasteiger charge is -2.42. The van der Waals surface area contributed by atoms with Crippen molar-refractivity contribution < 1.29 is 19.8 Å². The summed E-state index contributed by atoms with van der Waals surface area (Å²) in [4.78, 5) is 25.1. The van der Waals surface area contributed by atoms with E-state index in [1.165, 1.54) is 0 Å². The zero-order valence-electron chi connectivity index (χ0n) is 17.1. The molecular weight excluding hydrogens is 328 g/mol. The minimum Gasteiger partial charge on any atom is -0.481 e. The first-order valence-corrected chi connectivity index (χ1v) is 10.5. The molecule has 2 atom stereocenters. The van der Waals surface area contributed by atoms with Crippen molar-refractivity contribution in [2.24, 2.45) is 17.3 Å². The van der Waals surface area contributed by atoms with Crippen molar-refractivity contribution >= 4 is 11.9 Å². The first kappa shape index (κ1) is 22.7. The highest BCUT2D eigenvalue weighted by Gasteiger charge is 2.52. The minimum absolute atomic E-state index is 0.132. The van der Waals surface area contributed by atoms with Gasteiger partial charge in [0, 0.05) is 0 Å². The lowest BCUT2D eigenvalue weighted by Crippen LogP contribution is -2.46. The van der Waals surface area contributed by atoms with Crippen molar-refractivity contribution in [3.63, 3.8) is 0 Å². The van der Waals surface area contributed by atoms with E-state index in [4.69, 9.17) is 0 Å². The SMILES string of the molecule is CCCCC(C(C)C)C(CCCC)(C(=O)O)C(C(=O)O)=C1CCCCC1. The Morgan fingerprint density at radius 3 is 2.00 bits per heavy atom. The molecule has 0 bridgehead atoms. The molecule has 0 radical (unpaired) electrons. The Kier molecular flexibility index (Phi) is 9.38. The summed E-state index contributed by atoms with van der Waals surface area (Å²) < 4.78 is 0. The third-order valence-corrected chi connectivity index (χ3v) is 6.08. The fourth-order valence-electron chi connectivity index (χ4n) is 4.78. The molecule has 1 saturated carbocycles. The molecular formula is C22H38O4. The second-order valence-electron chi connectivity index (χ2n) is 8.22. The van der Waals surface area contributed by atoms with Crippen molar-refractivity contribution in [1.29, 1.82) is 0 Å². The zero-order chi connectivity index (χ0) is 19.7. The molecule has 0 aromatic rings. The maximum Gasteiger partial charge on any atom is 0.332 e. The predicted molar refractivity (Wildman–Crippen MR) is 105 cm³/mol. The topological polar surface area (TPSA) is 74.6 Å². The van der Waals surface area contributed by atoms with Crippen molar-refractivity contribution in [2.45, 2.75) is 98.3 Å². The molecule has 2 N–H and O–H groups in total. The fraction of sp³-hybridized carbons (Fsp3) is 0.818. The van der Waals surface area contributed by atoms with Crippen LogP contribution in [0.25, 0.3) is 0 Å². The first-order chi connectivity index (χ1) is 12.3. The van der Waals surface area contributed by atoms with Crippen LogP contribution in [-0.4, -0.2) is 22.2 Å². The maximum atomic E-state index is 12.7. The van der Waals surface area contributed by atoms with Crippen LogP contribution in [0.4, 0.5) is 0 Å². The smallest absolute Gasteiger partial charge is 0.332 e. The van der Waals surface area contributed by atoms with Crippen LogP contribution < -0.4 is 0 Å². The molecule has 150 valence electrons. The molecule has 0 saturated heterocycles. The molecule has 2 unspecified atom stereocenters. The van der Waals surface area contributed by atoms with Gasteiger partial charge in [-0.15, -0.1) is 0 Å². The molecule has 0 aliphatic heterocycles. The van der Waals surface area contributed by atoms with Crippen LogP contribution in [0, 0.1) is 17.3 Å². The molecule has 1 rings (SSSR count). The van der Waals surface area contributed by atoms with Crippen molar-refractivity contribution in [3.8, 4) is 0 Å². The first-order valence-electron chi connectivity index (χ1n) is 10.5. The highest BCUT2D eigenvalue weighted by molar-refractivity contribution is 5.97. The van der Waals surface area contributed by atoms with E-state index in [-0.39, 0.29) is 17.4 Å². The molecule has 0 heterocycles. The fourth-order valence-corrected chi connectivity index (χ4v) is 4.78. The zero-order valence-corrected chi connectivity index (χ0v) is 17.1. The van der Waals surface area contributed by atoms with Crippen LogP contribution in [-0.2, 0) is 9.59 Å². The Balaban J connectivity index is 3.61. The number of carbonyl (C=O) groups is 2. The van der Waals surface area contributed by atoms with Crippen LogP contribution in [0.3, 0.4) is 0 Å². The highest BCUT2D eigenvalue weighted by Crippen LogP contribution is 2.49. The Morgan fingerprint density at radius 1 is 1.00 bits per heavy atom. The van der Waals surface area contributed by atoms with E-state index in [1.54, 1.807) is 0 Å².